The van der Waals surface area contributed by atoms with Gasteiger partial charge in [-0.25, -0.2) is 9.07 Å². The summed E-state index contributed by atoms with van der Waals surface area (Å²) in [6.45, 7) is -0.422. The number of aromatic nitrogens is 4. The van der Waals surface area contributed by atoms with Crippen molar-refractivity contribution in [2.24, 2.45) is 0 Å². The van der Waals surface area contributed by atoms with Crippen LogP contribution in [0.4, 0.5) is 4.39 Å². The number of tetrazole rings is 1. The van der Waals surface area contributed by atoms with Gasteiger partial charge in [0.2, 0.25) is 5.16 Å². The van der Waals surface area contributed by atoms with Crippen molar-refractivity contribution in [3.8, 4) is 6.07 Å². The zero-order chi connectivity index (χ0) is 14.7. The molecule has 0 fully saturated rings. The molecule has 0 aliphatic carbocycles. The second kappa shape index (κ2) is 5.98. The van der Waals surface area contributed by atoms with Crippen LogP contribution in [0, 0.1) is 17.1 Å². The summed E-state index contributed by atoms with van der Waals surface area (Å²) < 4.78 is 15.1. The lowest BCUT2D eigenvalue weighted by Gasteiger charge is -2.05. The van der Waals surface area contributed by atoms with Crippen molar-refractivity contribution in [3.63, 3.8) is 0 Å². The normalized spacial score (nSPS) is 10.2. The van der Waals surface area contributed by atoms with Gasteiger partial charge in [0.25, 0.3) is 0 Å². The van der Waals surface area contributed by atoms with Crippen molar-refractivity contribution in [1.29, 1.82) is 5.26 Å². The Labute approximate surface area is 124 Å². The minimum Gasteiger partial charge on any atom is -0.480 e. The van der Waals surface area contributed by atoms with Gasteiger partial charge in [-0.15, -0.1) is 5.10 Å². The monoisotopic (exact) mass is 357 g/mol. The summed E-state index contributed by atoms with van der Waals surface area (Å²) in [4.78, 5) is 10.8. The van der Waals surface area contributed by atoms with Gasteiger partial charge in [0, 0.05) is 0 Å². The van der Waals surface area contributed by atoms with Crippen molar-refractivity contribution in [2.75, 3.05) is 0 Å². The summed E-state index contributed by atoms with van der Waals surface area (Å²) in [6, 6.07) is 4.69. The fraction of sp³-hybridized carbons (Fsp3) is 0.100. The van der Waals surface area contributed by atoms with Crippen molar-refractivity contribution in [1.82, 2.24) is 20.2 Å². The third-order valence-electron chi connectivity index (χ3n) is 2.15. The summed E-state index contributed by atoms with van der Waals surface area (Å²) in [6.07, 6.45) is 0. The quantitative estimate of drug-likeness (QED) is 0.887. The van der Waals surface area contributed by atoms with Crippen LogP contribution in [0.5, 0.6) is 0 Å². The highest BCUT2D eigenvalue weighted by atomic mass is 79.9. The molecule has 1 aromatic heterocycles. The average Bonchev–Trinajstić information content (AvgIpc) is 2.82. The topological polar surface area (TPSA) is 105 Å². The summed E-state index contributed by atoms with van der Waals surface area (Å²) in [5.74, 6) is -1.74. The zero-order valence-corrected chi connectivity index (χ0v) is 12.0. The first kappa shape index (κ1) is 14.4. The van der Waals surface area contributed by atoms with Gasteiger partial charge >= 0.3 is 5.97 Å². The molecule has 2 aromatic rings. The highest BCUT2D eigenvalue weighted by molar-refractivity contribution is 9.10. The van der Waals surface area contributed by atoms with Gasteiger partial charge in [-0.05, 0) is 50.3 Å². The Balaban J connectivity index is 2.32. The summed E-state index contributed by atoms with van der Waals surface area (Å²) in [5, 5.41) is 28.1. The van der Waals surface area contributed by atoms with Crippen LogP contribution in [0.25, 0.3) is 0 Å². The van der Waals surface area contributed by atoms with E-state index in [4.69, 9.17) is 10.4 Å². The molecule has 10 heteroatoms. The molecule has 0 radical (unpaired) electrons. The lowest BCUT2D eigenvalue weighted by molar-refractivity contribution is -0.138. The van der Waals surface area contributed by atoms with Crippen molar-refractivity contribution in [2.45, 2.75) is 16.6 Å². The van der Waals surface area contributed by atoms with Gasteiger partial charge in [0.05, 0.1) is 14.9 Å². The number of hydrogen-bond donors (Lipinski definition) is 1. The first-order valence-corrected chi connectivity index (χ1v) is 6.67. The molecule has 1 heterocycles. The predicted octanol–water partition coefficient (Wildman–Crippen LogP) is 1.68. The third kappa shape index (κ3) is 2.94. The van der Waals surface area contributed by atoms with E-state index in [0.717, 1.165) is 16.4 Å². The molecule has 20 heavy (non-hydrogen) atoms. The molecule has 0 unspecified atom stereocenters. The molecule has 7 nitrogen and oxygen atoms in total. The van der Waals surface area contributed by atoms with E-state index in [2.05, 4.69) is 31.5 Å². The fourth-order valence-electron chi connectivity index (χ4n) is 1.29. The number of benzene rings is 1. The van der Waals surface area contributed by atoms with E-state index in [-0.39, 0.29) is 20.1 Å². The molecule has 0 aliphatic rings. The Hall–Kier alpha value is -1.99. The number of halogens is 2. The maximum absolute atomic E-state index is 14.0. The van der Waals surface area contributed by atoms with E-state index in [1.165, 1.54) is 12.1 Å². The lowest BCUT2D eigenvalue weighted by atomic mass is 10.2. The number of nitriles is 1. The molecule has 0 atom stereocenters. The van der Waals surface area contributed by atoms with Crippen molar-refractivity contribution >= 4 is 33.7 Å². The molecule has 102 valence electrons. The summed E-state index contributed by atoms with van der Waals surface area (Å²) in [5.41, 5.74) is 0.164. The Morgan fingerprint density at radius 3 is 3.00 bits per heavy atom. The maximum atomic E-state index is 14.0. The minimum absolute atomic E-state index is 0.0438. The number of carbonyl (C=O) groups is 1. The molecule has 0 amide bonds. The molecule has 0 saturated carbocycles. The highest BCUT2D eigenvalue weighted by Crippen LogP contribution is 2.33. The zero-order valence-electron chi connectivity index (χ0n) is 9.62. The van der Waals surface area contributed by atoms with Crippen LogP contribution in [0.3, 0.4) is 0 Å². The maximum Gasteiger partial charge on any atom is 0.325 e. The molecular formula is C10H5BrFN5O2S. The Morgan fingerprint density at radius 2 is 2.35 bits per heavy atom. The number of carboxylic acid groups (broad SMARTS) is 1. The van der Waals surface area contributed by atoms with Crippen LogP contribution < -0.4 is 0 Å². The van der Waals surface area contributed by atoms with E-state index in [1.54, 1.807) is 0 Å². The van der Waals surface area contributed by atoms with Gasteiger partial charge in [-0.2, -0.15) is 5.26 Å². The number of hydrogen-bond acceptors (Lipinski definition) is 6. The van der Waals surface area contributed by atoms with Crippen LogP contribution in [0.15, 0.2) is 26.7 Å². The number of nitrogens with zero attached hydrogens (tertiary/aromatic N) is 5. The van der Waals surface area contributed by atoms with Crippen LogP contribution in [0.1, 0.15) is 5.56 Å². The molecule has 2 rings (SSSR count). The van der Waals surface area contributed by atoms with E-state index in [9.17, 15) is 9.18 Å². The van der Waals surface area contributed by atoms with Gasteiger partial charge in [0.15, 0.2) is 5.82 Å². The predicted molar refractivity (Wildman–Crippen MR) is 68.4 cm³/mol. The van der Waals surface area contributed by atoms with Crippen LogP contribution >= 0.6 is 27.7 Å². The van der Waals surface area contributed by atoms with Gasteiger partial charge in [-0.1, -0.05) is 0 Å². The van der Waals surface area contributed by atoms with Gasteiger partial charge < -0.3 is 5.11 Å². The number of carboxylic acids is 1. The third-order valence-corrected chi connectivity index (χ3v) is 3.94. The summed E-state index contributed by atoms with van der Waals surface area (Å²) in [7, 11) is 0. The van der Waals surface area contributed by atoms with Crippen molar-refractivity contribution in [3.05, 3.63) is 28.0 Å². The Morgan fingerprint density at radius 1 is 1.60 bits per heavy atom. The largest absolute Gasteiger partial charge is 0.480 e. The average molecular weight is 358 g/mol. The minimum atomic E-state index is -1.11. The van der Waals surface area contributed by atoms with E-state index in [0.29, 0.717) is 0 Å². The molecule has 0 saturated heterocycles. The molecule has 1 aromatic carbocycles. The molecule has 1 N–H and O–H groups in total. The second-order valence-electron chi connectivity index (χ2n) is 3.47. The first-order chi connectivity index (χ1) is 9.52. The van der Waals surface area contributed by atoms with Crippen molar-refractivity contribution < 1.29 is 14.3 Å². The molecule has 0 aliphatic heterocycles. The van der Waals surface area contributed by atoms with Crippen LogP contribution in [-0.2, 0) is 11.3 Å². The molecule has 0 bridgehead atoms. The van der Waals surface area contributed by atoms with Crippen LogP contribution in [0.2, 0.25) is 0 Å². The lowest BCUT2D eigenvalue weighted by Crippen LogP contribution is -2.11. The van der Waals surface area contributed by atoms with Gasteiger partial charge in [0.1, 0.15) is 12.6 Å². The molecule has 0 spiro atoms. The SMILES string of the molecule is N#Cc1ccc(Sc2nnnn2CC(=O)O)c(F)c1Br. The summed E-state index contributed by atoms with van der Waals surface area (Å²) >= 11 is 3.86. The van der Waals surface area contributed by atoms with Gasteiger partial charge in [-0.3, -0.25) is 4.79 Å². The molecular weight excluding hydrogens is 353 g/mol. The standard InChI is InChI=1S/C10H5BrFN5O2S/c11-8-5(3-13)1-2-6(9(8)12)20-10-14-15-16-17(10)4-7(18)19/h1-2H,4H2,(H,18,19). The Kier molecular flexibility index (Phi) is 4.31. The number of rotatable bonds is 4. The first-order valence-electron chi connectivity index (χ1n) is 5.07. The van der Waals surface area contributed by atoms with E-state index in [1.807, 2.05) is 6.07 Å². The van der Waals surface area contributed by atoms with E-state index < -0.39 is 18.3 Å². The Bertz CT molecular complexity index is 714. The van der Waals surface area contributed by atoms with Crippen LogP contribution in [-0.4, -0.2) is 31.3 Å². The van der Waals surface area contributed by atoms with E-state index >= 15 is 0 Å². The second-order valence-corrected chi connectivity index (χ2v) is 5.27. The smallest absolute Gasteiger partial charge is 0.325 e. The fourth-order valence-corrected chi connectivity index (χ4v) is 2.67. The highest BCUT2D eigenvalue weighted by Gasteiger charge is 2.16. The number of aliphatic carboxylic acids is 1.